The third kappa shape index (κ3) is 3.26. The van der Waals surface area contributed by atoms with Gasteiger partial charge < -0.3 is 4.57 Å². The van der Waals surface area contributed by atoms with Crippen LogP contribution in [0.5, 0.6) is 0 Å². The van der Waals surface area contributed by atoms with Gasteiger partial charge in [-0.05, 0) is 35.2 Å². The molecule has 0 aliphatic carbocycles. The molecule has 0 fully saturated rings. The minimum atomic E-state index is 0.456. The van der Waals surface area contributed by atoms with Gasteiger partial charge in [0.15, 0.2) is 0 Å². The van der Waals surface area contributed by atoms with Crippen molar-refractivity contribution in [3.8, 4) is 0 Å². The molecule has 1 atom stereocenters. The lowest BCUT2D eigenvalue weighted by atomic mass is 9.93. The van der Waals surface area contributed by atoms with Crippen molar-refractivity contribution in [2.75, 3.05) is 0 Å². The summed E-state index contributed by atoms with van der Waals surface area (Å²) in [6, 6.07) is 28.5. The Labute approximate surface area is 159 Å². The Bertz CT molecular complexity index is 1050. The second-order valence-corrected chi connectivity index (χ2v) is 7.40. The first-order valence-corrected chi connectivity index (χ1v) is 9.61. The normalized spacial score (nSPS) is 17.1. The van der Waals surface area contributed by atoms with Gasteiger partial charge in [-0.1, -0.05) is 66.7 Å². The number of hydrogen-bond donors (Lipinski definition) is 0. The maximum atomic E-state index is 4.58. The van der Waals surface area contributed by atoms with Crippen molar-refractivity contribution in [1.29, 1.82) is 0 Å². The van der Waals surface area contributed by atoms with Crippen molar-refractivity contribution >= 4 is 11.0 Å². The van der Waals surface area contributed by atoms with Crippen LogP contribution in [0.15, 0.2) is 85.2 Å². The Morgan fingerprint density at radius 1 is 0.815 bits per heavy atom. The highest BCUT2D eigenvalue weighted by Gasteiger charge is 2.26. The number of rotatable bonds is 4. The Morgan fingerprint density at radius 2 is 1.56 bits per heavy atom. The molecule has 0 saturated heterocycles. The largest absolute Gasteiger partial charge is 0.329 e. The fourth-order valence-corrected chi connectivity index (χ4v) is 4.21. The van der Waals surface area contributed by atoms with Gasteiger partial charge in [-0.25, -0.2) is 4.98 Å². The van der Waals surface area contributed by atoms with E-state index in [4.69, 9.17) is 0 Å². The maximum absolute atomic E-state index is 4.58. The average molecular weight is 353 g/mol. The zero-order valence-corrected chi connectivity index (χ0v) is 15.3. The Balaban J connectivity index is 1.47. The van der Waals surface area contributed by atoms with E-state index in [0.717, 1.165) is 31.6 Å². The van der Waals surface area contributed by atoms with Crippen LogP contribution < -0.4 is 0 Å². The summed E-state index contributed by atoms with van der Waals surface area (Å²) in [4.78, 5) is 7.20. The lowest BCUT2D eigenvalue weighted by Crippen LogP contribution is -2.42. The van der Waals surface area contributed by atoms with E-state index < -0.39 is 0 Å². The lowest BCUT2D eigenvalue weighted by molar-refractivity contribution is 0.147. The first-order chi connectivity index (χ1) is 13.4. The van der Waals surface area contributed by atoms with Crippen molar-refractivity contribution < 1.29 is 0 Å². The summed E-state index contributed by atoms with van der Waals surface area (Å²) >= 11 is 0. The van der Waals surface area contributed by atoms with Crippen LogP contribution in [0.2, 0.25) is 0 Å². The molecule has 2 heterocycles. The number of nitrogens with zero attached hydrogens (tertiary/aromatic N) is 3. The molecule has 1 aromatic heterocycles. The number of benzene rings is 3. The molecule has 0 amide bonds. The maximum Gasteiger partial charge on any atom is 0.0958 e. The number of para-hydroxylation sites is 2. The molecule has 4 aromatic rings. The van der Waals surface area contributed by atoms with Crippen LogP contribution in [-0.2, 0) is 26.1 Å². The second-order valence-electron chi connectivity index (χ2n) is 7.40. The van der Waals surface area contributed by atoms with Gasteiger partial charge in [-0.3, -0.25) is 4.90 Å². The van der Waals surface area contributed by atoms with E-state index in [1.807, 2.05) is 6.33 Å². The average Bonchev–Trinajstić information content (AvgIpc) is 3.12. The molecule has 3 aromatic carbocycles. The van der Waals surface area contributed by atoms with Crippen LogP contribution in [0, 0.1) is 0 Å². The molecular formula is C24H23N3. The van der Waals surface area contributed by atoms with Crippen molar-refractivity contribution in [3.05, 3.63) is 102 Å². The zero-order chi connectivity index (χ0) is 18.1. The predicted molar refractivity (Wildman–Crippen MR) is 109 cm³/mol. The van der Waals surface area contributed by atoms with Gasteiger partial charge in [0.1, 0.15) is 0 Å². The fourth-order valence-electron chi connectivity index (χ4n) is 4.21. The topological polar surface area (TPSA) is 21.1 Å². The zero-order valence-electron chi connectivity index (χ0n) is 15.3. The van der Waals surface area contributed by atoms with Crippen molar-refractivity contribution in [2.45, 2.75) is 32.1 Å². The van der Waals surface area contributed by atoms with Crippen LogP contribution in [0.3, 0.4) is 0 Å². The minimum absolute atomic E-state index is 0.456. The molecule has 3 nitrogen and oxygen atoms in total. The first-order valence-electron chi connectivity index (χ1n) is 9.61. The molecular weight excluding hydrogens is 330 g/mol. The standard InChI is InChI=1S/C24H23N3/c1-2-8-19(9-3-1)15-26-16-21-11-5-4-10-20(21)14-22(26)17-27-18-25-23-12-6-7-13-24(23)27/h1-13,18,22H,14-17H2. The smallest absolute Gasteiger partial charge is 0.0958 e. The van der Waals surface area contributed by atoms with Crippen LogP contribution in [-0.4, -0.2) is 20.5 Å². The Kier molecular flexibility index (Phi) is 4.23. The van der Waals surface area contributed by atoms with E-state index in [2.05, 4.69) is 93.3 Å². The molecule has 0 N–H and O–H groups in total. The highest BCUT2D eigenvalue weighted by molar-refractivity contribution is 5.74. The number of fused-ring (bicyclic) bond motifs is 2. The minimum Gasteiger partial charge on any atom is -0.329 e. The summed E-state index contributed by atoms with van der Waals surface area (Å²) < 4.78 is 2.31. The predicted octanol–water partition coefficient (Wildman–Crippen LogP) is 4.66. The van der Waals surface area contributed by atoms with E-state index in [1.165, 1.54) is 22.2 Å². The molecule has 0 saturated carbocycles. The number of hydrogen-bond acceptors (Lipinski definition) is 2. The van der Waals surface area contributed by atoms with E-state index in [0.29, 0.717) is 6.04 Å². The van der Waals surface area contributed by atoms with Gasteiger partial charge in [-0.2, -0.15) is 0 Å². The van der Waals surface area contributed by atoms with Crippen LogP contribution in [0.25, 0.3) is 11.0 Å². The molecule has 5 rings (SSSR count). The van der Waals surface area contributed by atoms with Crippen LogP contribution >= 0.6 is 0 Å². The summed E-state index contributed by atoms with van der Waals surface area (Å²) in [6.07, 6.45) is 3.07. The summed E-state index contributed by atoms with van der Waals surface area (Å²) in [5.74, 6) is 0. The summed E-state index contributed by atoms with van der Waals surface area (Å²) in [5.41, 5.74) is 6.60. The molecule has 0 bridgehead atoms. The van der Waals surface area contributed by atoms with E-state index in [9.17, 15) is 0 Å². The first kappa shape index (κ1) is 16.3. The Morgan fingerprint density at radius 3 is 2.44 bits per heavy atom. The van der Waals surface area contributed by atoms with Gasteiger partial charge >= 0.3 is 0 Å². The summed E-state index contributed by atoms with van der Waals surface area (Å²) in [6.45, 7) is 2.94. The highest BCUT2D eigenvalue weighted by Crippen LogP contribution is 2.26. The van der Waals surface area contributed by atoms with E-state index in [-0.39, 0.29) is 0 Å². The van der Waals surface area contributed by atoms with Crippen LogP contribution in [0.4, 0.5) is 0 Å². The van der Waals surface area contributed by atoms with Gasteiger partial charge in [-0.15, -0.1) is 0 Å². The van der Waals surface area contributed by atoms with Crippen molar-refractivity contribution in [1.82, 2.24) is 14.5 Å². The van der Waals surface area contributed by atoms with Gasteiger partial charge in [0, 0.05) is 25.7 Å². The van der Waals surface area contributed by atoms with Gasteiger partial charge in [0.25, 0.3) is 0 Å². The molecule has 1 unspecified atom stereocenters. The molecule has 3 heteroatoms. The van der Waals surface area contributed by atoms with Gasteiger partial charge in [0.2, 0.25) is 0 Å². The number of aromatic nitrogens is 2. The number of imidazole rings is 1. The second kappa shape index (κ2) is 7.01. The monoisotopic (exact) mass is 353 g/mol. The summed E-state index contributed by atoms with van der Waals surface area (Å²) in [7, 11) is 0. The SMILES string of the molecule is c1ccc(CN2Cc3ccccc3CC2Cn2cnc3ccccc32)cc1. The third-order valence-corrected chi connectivity index (χ3v) is 5.63. The van der Waals surface area contributed by atoms with E-state index in [1.54, 1.807) is 0 Å². The van der Waals surface area contributed by atoms with Gasteiger partial charge in [0.05, 0.1) is 17.4 Å². The van der Waals surface area contributed by atoms with Crippen LogP contribution in [0.1, 0.15) is 16.7 Å². The quantitative estimate of drug-likeness (QED) is 0.532. The van der Waals surface area contributed by atoms with Crippen molar-refractivity contribution in [2.24, 2.45) is 0 Å². The molecule has 27 heavy (non-hydrogen) atoms. The molecule has 134 valence electrons. The van der Waals surface area contributed by atoms with E-state index >= 15 is 0 Å². The fraction of sp³-hybridized carbons (Fsp3) is 0.208. The third-order valence-electron chi connectivity index (χ3n) is 5.63. The van der Waals surface area contributed by atoms with Crippen molar-refractivity contribution in [3.63, 3.8) is 0 Å². The molecule has 0 radical (unpaired) electrons. The lowest BCUT2D eigenvalue weighted by Gasteiger charge is -2.37. The highest BCUT2D eigenvalue weighted by atomic mass is 15.2. The molecule has 1 aliphatic heterocycles. The molecule has 1 aliphatic rings. The Hall–Kier alpha value is -2.91. The summed E-state index contributed by atoms with van der Waals surface area (Å²) in [5, 5.41) is 0. The molecule has 0 spiro atoms.